The van der Waals surface area contributed by atoms with Crippen LogP contribution in [-0.4, -0.2) is 23.9 Å². The Kier molecular flexibility index (Phi) is 2.67. The highest BCUT2D eigenvalue weighted by Gasteiger charge is 2.50. The third kappa shape index (κ3) is 1.98. The van der Waals surface area contributed by atoms with Crippen LogP contribution in [-0.2, 0) is 9.59 Å². The van der Waals surface area contributed by atoms with Crippen LogP contribution < -0.4 is 10.6 Å². The van der Waals surface area contributed by atoms with Gasteiger partial charge in [0.15, 0.2) is 0 Å². The number of carbonyl (C=O) groups is 2. The summed E-state index contributed by atoms with van der Waals surface area (Å²) in [5.41, 5.74) is -0.0225. The molecule has 1 saturated heterocycles. The molecule has 0 bridgehead atoms. The lowest BCUT2D eigenvalue weighted by Gasteiger charge is -2.44. The number of rotatable bonds is 3. The van der Waals surface area contributed by atoms with E-state index in [1.54, 1.807) is 0 Å². The van der Waals surface area contributed by atoms with E-state index in [0.29, 0.717) is 6.42 Å². The minimum atomic E-state index is -0.0225. The molecule has 1 aliphatic carbocycles. The van der Waals surface area contributed by atoms with Gasteiger partial charge in [0.05, 0.1) is 0 Å². The van der Waals surface area contributed by atoms with Gasteiger partial charge < -0.3 is 10.6 Å². The molecule has 0 aromatic heterocycles. The predicted octanol–water partition coefficient (Wildman–Crippen LogP) is 0.571. The van der Waals surface area contributed by atoms with Crippen molar-refractivity contribution in [2.75, 3.05) is 6.54 Å². The zero-order valence-corrected chi connectivity index (χ0v) is 9.14. The van der Waals surface area contributed by atoms with E-state index in [9.17, 15) is 9.59 Å². The van der Waals surface area contributed by atoms with E-state index in [1.165, 1.54) is 0 Å². The van der Waals surface area contributed by atoms with Gasteiger partial charge >= 0.3 is 0 Å². The maximum atomic E-state index is 11.6. The van der Waals surface area contributed by atoms with Crippen LogP contribution in [0.1, 0.15) is 39.0 Å². The normalized spacial score (nSPS) is 33.7. The van der Waals surface area contributed by atoms with Gasteiger partial charge in [-0.3, -0.25) is 9.59 Å². The lowest BCUT2D eigenvalue weighted by Crippen LogP contribution is -2.56. The third-order valence-electron chi connectivity index (χ3n) is 3.43. The Morgan fingerprint density at radius 2 is 2.33 bits per heavy atom. The lowest BCUT2D eigenvalue weighted by atomic mass is 9.67. The monoisotopic (exact) mass is 210 g/mol. The largest absolute Gasteiger partial charge is 0.356 e. The molecule has 0 atom stereocenters. The molecule has 1 spiro atoms. The quantitative estimate of drug-likeness (QED) is 0.715. The second kappa shape index (κ2) is 3.83. The Morgan fingerprint density at radius 1 is 1.60 bits per heavy atom. The highest BCUT2D eigenvalue weighted by atomic mass is 16.2. The first-order valence-corrected chi connectivity index (χ1v) is 5.74. The average Bonchev–Trinajstić information content (AvgIpc) is 2.54. The van der Waals surface area contributed by atoms with E-state index in [1.807, 2.05) is 6.92 Å². The number of hydrogen-bond acceptors (Lipinski definition) is 2. The molecule has 2 aliphatic rings. The SMILES string of the molecule is CCCNC(=O)[C@H]1C[C@]2(CCC(=O)N2)C1. The number of amides is 2. The number of carbonyl (C=O) groups excluding carboxylic acids is 2. The van der Waals surface area contributed by atoms with Gasteiger partial charge in [-0.1, -0.05) is 6.92 Å². The third-order valence-corrected chi connectivity index (χ3v) is 3.43. The molecule has 1 heterocycles. The summed E-state index contributed by atoms with van der Waals surface area (Å²) in [5.74, 6) is 0.418. The summed E-state index contributed by atoms with van der Waals surface area (Å²) in [6.07, 6.45) is 4.16. The Bertz CT molecular complexity index is 282. The van der Waals surface area contributed by atoms with Crippen LogP contribution in [0.5, 0.6) is 0 Å². The molecule has 0 aromatic carbocycles. The lowest BCUT2D eigenvalue weighted by molar-refractivity contribution is -0.131. The molecule has 0 unspecified atom stereocenters. The van der Waals surface area contributed by atoms with Crippen molar-refractivity contribution >= 4 is 11.8 Å². The van der Waals surface area contributed by atoms with E-state index in [2.05, 4.69) is 10.6 Å². The van der Waals surface area contributed by atoms with E-state index < -0.39 is 0 Å². The van der Waals surface area contributed by atoms with Gasteiger partial charge in [0.25, 0.3) is 0 Å². The van der Waals surface area contributed by atoms with Crippen molar-refractivity contribution < 1.29 is 9.59 Å². The van der Waals surface area contributed by atoms with Crippen LogP contribution in [0.25, 0.3) is 0 Å². The summed E-state index contributed by atoms with van der Waals surface area (Å²) in [6, 6.07) is 0. The second-order valence-corrected chi connectivity index (χ2v) is 4.72. The molecular weight excluding hydrogens is 192 g/mol. The Labute approximate surface area is 89.8 Å². The fourth-order valence-corrected chi connectivity index (χ4v) is 2.54. The van der Waals surface area contributed by atoms with Gasteiger partial charge in [-0.05, 0) is 25.7 Å². The first-order valence-electron chi connectivity index (χ1n) is 5.74. The van der Waals surface area contributed by atoms with E-state index >= 15 is 0 Å². The van der Waals surface area contributed by atoms with Gasteiger partial charge in [-0.2, -0.15) is 0 Å². The molecule has 1 saturated carbocycles. The molecule has 4 heteroatoms. The van der Waals surface area contributed by atoms with Crippen LogP contribution in [0, 0.1) is 5.92 Å². The minimum Gasteiger partial charge on any atom is -0.356 e. The average molecular weight is 210 g/mol. The van der Waals surface area contributed by atoms with Crippen molar-refractivity contribution in [2.24, 2.45) is 5.92 Å². The van der Waals surface area contributed by atoms with Gasteiger partial charge in [0.2, 0.25) is 11.8 Å². The van der Waals surface area contributed by atoms with Crippen molar-refractivity contribution in [3.8, 4) is 0 Å². The molecule has 1 aliphatic heterocycles. The first kappa shape index (κ1) is 10.5. The fourth-order valence-electron chi connectivity index (χ4n) is 2.54. The molecule has 2 fully saturated rings. The number of nitrogens with one attached hydrogen (secondary N) is 2. The van der Waals surface area contributed by atoms with Crippen LogP contribution >= 0.6 is 0 Å². The van der Waals surface area contributed by atoms with Crippen LogP contribution in [0.2, 0.25) is 0 Å². The molecule has 2 amide bonds. The predicted molar refractivity (Wildman–Crippen MR) is 56.1 cm³/mol. The Balaban J connectivity index is 1.77. The summed E-state index contributed by atoms with van der Waals surface area (Å²) in [7, 11) is 0. The smallest absolute Gasteiger partial charge is 0.223 e. The zero-order valence-electron chi connectivity index (χ0n) is 9.14. The van der Waals surface area contributed by atoms with Crippen molar-refractivity contribution in [3.05, 3.63) is 0 Å². The van der Waals surface area contributed by atoms with Crippen LogP contribution in [0.4, 0.5) is 0 Å². The second-order valence-electron chi connectivity index (χ2n) is 4.72. The van der Waals surface area contributed by atoms with Gasteiger partial charge in [-0.25, -0.2) is 0 Å². The summed E-state index contributed by atoms with van der Waals surface area (Å²) < 4.78 is 0. The minimum absolute atomic E-state index is 0.0225. The molecule has 2 N–H and O–H groups in total. The molecule has 2 rings (SSSR count). The Hall–Kier alpha value is -1.06. The summed E-state index contributed by atoms with van der Waals surface area (Å²) in [6.45, 7) is 2.80. The van der Waals surface area contributed by atoms with E-state index in [0.717, 1.165) is 32.2 Å². The van der Waals surface area contributed by atoms with Crippen LogP contribution in [0.15, 0.2) is 0 Å². The molecular formula is C11H18N2O2. The van der Waals surface area contributed by atoms with Gasteiger partial charge in [0.1, 0.15) is 0 Å². The molecule has 4 nitrogen and oxygen atoms in total. The molecule has 0 aromatic rings. The maximum Gasteiger partial charge on any atom is 0.223 e. The first-order chi connectivity index (χ1) is 7.15. The summed E-state index contributed by atoms with van der Waals surface area (Å²) in [4.78, 5) is 22.7. The number of hydrogen-bond donors (Lipinski definition) is 2. The zero-order chi connectivity index (χ0) is 10.9. The van der Waals surface area contributed by atoms with E-state index in [4.69, 9.17) is 0 Å². The van der Waals surface area contributed by atoms with E-state index in [-0.39, 0.29) is 23.3 Å². The van der Waals surface area contributed by atoms with Crippen molar-refractivity contribution in [1.29, 1.82) is 0 Å². The standard InChI is InChI=1S/C11H18N2O2/c1-2-5-12-10(15)8-6-11(7-8)4-3-9(14)13-11/h8H,2-7H2,1H3,(H,12,15)(H,13,14)/t8-,11+. The summed E-state index contributed by atoms with van der Waals surface area (Å²) >= 11 is 0. The fraction of sp³-hybridized carbons (Fsp3) is 0.818. The Morgan fingerprint density at radius 3 is 2.87 bits per heavy atom. The molecule has 0 radical (unpaired) electrons. The summed E-state index contributed by atoms with van der Waals surface area (Å²) in [5, 5.41) is 5.89. The highest BCUT2D eigenvalue weighted by molar-refractivity contribution is 5.83. The molecule has 15 heavy (non-hydrogen) atoms. The van der Waals surface area contributed by atoms with Crippen molar-refractivity contribution in [1.82, 2.24) is 10.6 Å². The van der Waals surface area contributed by atoms with Gasteiger partial charge in [-0.15, -0.1) is 0 Å². The topological polar surface area (TPSA) is 58.2 Å². The van der Waals surface area contributed by atoms with Crippen molar-refractivity contribution in [2.45, 2.75) is 44.6 Å². The van der Waals surface area contributed by atoms with Crippen molar-refractivity contribution in [3.63, 3.8) is 0 Å². The van der Waals surface area contributed by atoms with Crippen LogP contribution in [0.3, 0.4) is 0 Å². The molecule has 84 valence electrons. The van der Waals surface area contributed by atoms with Gasteiger partial charge in [0, 0.05) is 24.4 Å². The highest BCUT2D eigenvalue weighted by Crippen LogP contribution is 2.43. The maximum absolute atomic E-state index is 11.6.